The van der Waals surface area contributed by atoms with E-state index in [1.54, 1.807) is 49.4 Å². The van der Waals surface area contributed by atoms with Crippen molar-refractivity contribution in [2.45, 2.75) is 25.7 Å². The first kappa shape index (κ1) is 19.2. The fourth-order valence-corrected chi connectivity index (χ4v) is 3.03. The zero-order valence-electron chi connectivity index (χ0n) is 13.8. The third kappa shape index (κ3) is 6.04. The quantitative estimate of drug-likeness (QED) is 0.802. The van der Waals surface area contributed by atoms with Crippen molar-refractivity contribution in [3.05, 3.63) is 58.6 Å². The number of anilines is 1. The maximum Gasteiger partial charge on any atom is 0.265 e. The van der Waals surface area contributed by atoms with E-state index in [0.717, 1.165) is 5.56 Å². The summed E-state index contributed by atoms with van der Waals surface area (Å²) in [5, 5.41) is 8.31. The second-order valence-electron chi connectivity index (χ2n) is 5.66. The Kier molecular flexibility index (Phi) is 6.05. The average Bonchev–Trinajstić information content (AvgIpc) is 2.50. The molecule has 0 aliphatic carbocycles. The molecule has 0 aromatic heterocycles. The molecule has 1 amide bonds. The molecule has 0 aliphatic heterocycles. The van der Waals surface area contributed by atoms with Gasteiger partial charge in [0.1, 0.15) is 5.75 Å². The molecule has 0 heterocycles. The first-order chi connectivity index (χ1) is 11.6. The second-order valence-corrected chi connectivity index (χ2v) is 7.71. The van der Waals surface area contributed by atoms with Gasteiger partial charge in [-0.2, -0.15) is 0 Å². The molecule has 2 rings (SSSR count). The van der Waals surface area contributed by atoms with E-state index in [0.29, 0.717) is 22.0 Å². The highest BCUT2D eigenvalue weighted by Gasteiger charge is 2.16. The van der Waals surface area contributed by atoms with Crippen LogP contribution in [0.2, 0.25) is 5.02 Å². The van der Waals surface area contributed by atoms with Crippen molar-refractivity contribution >= 4 is 33.2 Å². The number of halogens is 1. The number of amides is 1. The average molecular weight is 383 g/mol. The molecule has 0 spiro atoms. The minimum absolute atomic E-state index is 0.253. The first-order valence-corrected chi connectivity index (χ1v) is 9.56. The molecule has 1 unspecified atom stereocenters. The van der Waals surface area contributed by atoms with Crippen LogP contribution in [0.4, 0.5) is 5.69 Å². The van der Waals surface area contributed by atoms with Gasteiger partial charge in [0.25, 0.3) is 5.91 Å². The molecule has 1 atom stereocenters. The fraction of sp³-hybridized carbons (Fsp3) is 0.235. The van der Waals surface area contributed by atoms with Crippen LogP contribution in [0.1, 0.15) is 18.1 Å². The Hall–Kier alpha value is -2.09. The van der Waals surface area contributed by atoms with Gasteiger partial charge in [-0.05, 0) is 55.3 Å². The molecule has 8 heteroatoms. The Bertz CT molecular complexity index is 867. The first-order valence-electron chi connectivity index (χ1n) is 7.47. The predicted molar refractivity (Wildman–Crippen MR) is 98.2 cm³/mol. The van der Waals surface area contributed by atoms with E-state index in [4.69, 9.17) is 21.5 Å². The van der Waals surface area contributed by atoms with Gasteiger partial charge in [0.05, 0.1) is 5.75 Å². The van der Waals surface area contributed by atoms with Gasteiger partial charge in [0.2, 0.25) is 10.0 Å². The zero-order chi connectivity index (χ0) is 18.6. The number of hydrogen-bond donors (Lipinski definition) is 2. The lowest BCUT2D eigenvalue weighted by atomic mass is 10.2. The fourth-order valence-electron chi connectivity index (χ4n) is 2.15. The van der Waals surface area contributed by atoms with Crippen LogP contribution in [0.15, 0.2) is 42.5 Å². The van der Waals surface area contributed by atoms with Crippen LogP contribution in [-0.2, 0) is 20.6 Å². The number of nitrogens with one attached hydrogen (secondary N) is 1. The number of carbonyl (C=O) groups is 1. The lowest BCUT2D eigenvalue weighted by Gasteiger charge is -2.16. The molecule has 0 fully saturated rings. The molecule has 6 nitrogen and oxygen atoms in total. The number of nitrogens with two attached hydrogens (primary N) is 1. The summed E-state index contributed by atoms with van der Waals surface area (Å²) < 4.78 is 27.8. The van der Waals surface area contributed by atoms with Gasteiger partial charge in [-0.1, -0.05) is 23.7 Å². The van der Waals surface area contributed by atoms with Gasteiger partial charge < -0.3 is 10.1 Å². The second kappa shape index (κ2) is 7.86. The van der Waals surface area contributed by atoms with Crippen LogP contribution in [0.25, 0.3) is 0 Å². The molecule has 3 N–H and O–H groups in total. The number of primary sulfonamides is 1. The zero-order valence-corrected chi connectivity index (χ0v) is 15.4. The molecular formula is C17H19ClN2O4S. The highest BCUT2D eigenvalue weighted by atomic mass is 35.5. The van der Waals surface area contributed by atoms with E-state index in [-0.39, 0.29) is 11.7 Å². The molecule has 0 bridgehead atoms. The number of benzene rings is 2. The number of ether oxygens (including phenoxy) is 1. The van der Waals surface area contributed by atoms with Crippen molar-refractivity contribution in [2.24, 2.45) is 5.14 Å². The summed E-state index contributed by atoms with van der Waals surface area (Å²) in [6.07, 6.45) is -0.719. The molecule has 25 heavy (non-hydrogen) atoms. The number of aryl methyl sites for hydroxylation is 1. The number of sulfonamides is 1. The van der Waals surface area contributed by atoms with Crippen molar-refractivity contribution in [3.8, 4) is 5.75 Å². The van der Waals surface area contributed by atoms with Gasteiger partial charge in [-0.3, -0.25) is 4.79 Å². The number of rotatable bonds is 6. The minimum atomic E-state index is -3.59. The Labute approximate surface area is 152 Å². The Morgan fingerprint density at radius 2 is 1.88 bits per heavy atom. The van der Waals surface area contributed by atoms with Gasteiger partial charge >= 0.3 is 0 Å². The minimum Gasteiger partial charge on any atom is -0.481 e. The van der Waals surface area contributed by atoms with E-state index in [1.807, 2.05) is 6.92 Å². The lowest BCUT2D eigenvalue weighted by Crippen LogP contribution is -2.30. The van der Waals surface area contributed by atoms with Crippen molar-refractivity contribution in [1.29, 1.82) is 0 Å². The van der Waals surface area contributed by atoms with Crippen LogP contribution < -0.4 is 15.2 Å². The molecular weight excluding hydrogens is 364 g/mol. The van der Waals surface area contributed by atoms with Crippen LogP contribution >= 0.6 is 11.6 Å². The van der Waals surface area contributed by atoms with Gasteiger partial charge in [0, 0.05) is 10.7 Å². The maximum absolute atomic E-state index is 12.2. The molecule has 134 valence electrons. The van der Waals surface area contributed by atoms with Gasteiger partial charge in [-0.25, -0.2) is 13.6 Å². The smallest absolute Gasteiger partial charge is 0.265 e. The predicted octanol–water partition coefficient (Wildman–Crippen LogP) is 2.84. The highest BCUT2D eigenvalue weighted by molar-refractivity contribution is 7.88. The molecule has 0 aliphatic rings. The lowest BCUT2D eigenvalue weighted by molar-refractivity contribution is -0.122. The normalized spacial score (nSPS) is 12.5. The molecule has 0 saturated heterocycles. The molecule has 2 aromatic rings. The van der Waals surface area contributed by atoms with E-state index in [1.165, 1.54) is 0 Å². The third-order valence-corrected chi connectivity index (χ3v) is 4.37. The largest absolute Gasteiger partial charge is 0.481 e. The summed E-state index contributed by atoms with van der Waals surface area (Å²) in [4.78, 5) is 12.2. The summed E-state index contributed by atoms with van der Waals surface area (Å²) in [5.41, 5.74) is 1.91. The standard InChI is InChI=1S/C17H19ClN2O4S/c1-11-9-14(18)5-8-16(11)24-12(2)17(21)20-15-6-3-13(4-7-15)10-25(19,22)23/h3-9,12H,10H2,1-2H3,(H,20,21)(H2,19,22,23). The van der Waals surface area contributed by atoms with Crippen LogP contribution in [0.3, 0.4) is 0 Å². The summed E-state index contributed by atoms with van der Waals surface area (Å²) in [7, 11) is -3.59. The molecule has 2 aromatic carbocycles. The van der Waals surface area contributed by atoms with Gasteiger partial charge in [0.15, 0.2) is 6.10 Å². The van der Waals surface area contributed by atoms with Crippen molar-refractivity contribution in [3.63, 3.8) is 0 Å². The van der Waals surface area contributed by atoms with Crippen molar-refractivity contribution in [1.82, 2.24) is 0 Å². The summed E-state index contributed by atoms with van der Waals surface area (Å²) >= 11 is 5.90. The van der Waals surface area contributed by atoms with Crippen molar-refractivity contribution < 1.29 is 17.9 Å². The molecule has 0 saturated carbocycles. The SMILES string of the molecule is Cc1cc(Cl)ccc1OC(C)C(=O)Nc1ccc(CS(N)(=O)=O)cc1. The Balaban J connectivity index is 1.98. The summed E-state index contributed by atoms with van der Waals surface area (Å²) in [5.74, 6) is 0.000404. The monoisotopic (exact) mass is 382 g/mol. The van der Waals surface area contributed by atoms with Gasteiger partial charge in [-0.15, -0.1) is 0 Å². The third-order valence-electron chi connectivity index (χ3n) is 3.40. The topological polar surface area (TPSA) is 98.5 Å². The molecule has 0 radical (unpaired) electrons. The van der Waals surface area contributed by atoms with E-state index in [9.17, 15) is 13.2 Å². The van der Waals surface area contributed by atoms with Crippen LogP contribution in [0.5, 0.6) is 5.75 Å². The van der Waals surface area contributed by atoms with E-state index >= 15 is 0 Å². The van der Waals surface area contributed by atoms with Crippen LogP contribution in [0, 0.1) is 6.92 Å². The number of hydrogen-bond acceptors (Lipinski definition) is 4. The van der Waals surface area contributed by atoms with E-state index < -0.39 is 16.1 Å². The van der Waals surface area contributed by atoms with Crippen LogP contribution in [-0.4, -0.2) is 20.4 Å². The Morgan fingerprint density at radius 3 is 2.44 bits per heavy atom. The van der Waals surface area contributed by atoms with Crippen molar-refractivity contribution in [2.75, 3.05) is 5.32 Å². The highest BCUT2D eigenvalue weighted by Crippen LogP contribution is 2.23. The summed E-state index contributed by atoms with van der Waals surface area (Å²) in [6.45, 7) is 3.48. The Morgan fingerprint density at radius 1 is 1.24 bits per heavy atom. The van der Waals surface area contributed by atoms with E-state index in [2.05, 4.69) is 5.32 Å². The number of carbonyl (C=O) groups excluding carboxylic acids is 1. The maximum atomic E-state index is 12.2. The summed E-state index contributed by atoms with van der Waals surface area (Å²) in [6, 6.07) is 11.6.